The number of benzene rings is 2. The van der Waals surface area contributed by atoms with Crippen LogP contribution in [0.1, 0.15) is 11.6 Å². The molecule has 0 fully saturated rings. The summed E-state index contributed by atoms with van der Waals surface area (Å²) in [6, 6.07) is 13.5. The Labute approximate surface area is 137 Å². The number of hydrogen-bond donors (Lipinski definition) is 2. The molecule has 7 heteroatoms. The third kappa shape index (κ3) is 4.28. The Morgan fingerprint density at radius 3 is 2.48 bits per heavy atom. The van der Waals surface area contributed by atoms with Crippen LogP contribution in [0.15, 0.2) is 57.9 Å². The topological polar surface area (TPSA) is 72.2 Å². The summed E-state index contributed by atoms with van der Waals surface area (Å²) in [5.41, 5.74) is 6.84. The summed E-state index contributed by atoms with van der Waals surface area (Å²) in [6.07, 6.45) is 0. The number of nitrogens with two attached hydrogens (primary N) is 1. The monoisotopic (exact) mass is 388 g/mol. The van der Waals surface area contributed by atoms with Gasteiger partial charge in [-0.15, -0.1) is 0 Å². The summed E-state index contributed by atoms with van der Waals surface area (Å²) in [7, 11) is -3.69. The number of rotatable bonds is 5. The molecule has 0 radical (unpaired) electrons. The van der Waals surface area contributed by atoms with E-state index in [4.69, 9.17) is 17.3 Å². The van der Waals surface area contributed by atoms with Gasteiger partial charge in [-0.05, 0) is 23.8 Å². The van der Waals surface area contributed by atoms with Gasteiger partial charge in [0.15, 0.2) is 0 Å². The third-order valence-electron chi connectivity index (χ3n) is 2.90. The Morgan fingerprint density at radius 2 is 1.86 bits per heavy atom. The van der Waals surface area contributed by atoms with Gasteiger partial charge >= 0.3 is 0 Å². The average Bonchev–Trinajstić information content (AvgIpc) is 2.45. The van der Waals surface area contributed by atoms with Crippen LogP contribution in [0, 0.1) is 0 Å². The van der Waals surface area contributed by atoms with E-state index in [1.54, 1.807) is 6.07 Å². The van der Waals surface area contributed by atoms with Crippen LogP contribution in [0.4, 0.5) is 0 Å². The summed E-state index contributed by atoms with van der Waals surface area (Å²) in [6.45, 7) is 0.0960. The fourth-order valence-corrected chi connectivity index (χ4v) is 3.88. The van der Waals surface area contributed by atoms with E-state index in [0.717, 1.165) is 5.56 Å². The number of hydrogen-bond acceptors (Lipinski definition) is 3. The van der Waals surface area contributed by atoms with Crippen molar-refractivity contribution in [1.29, 1.82) is 0 Å². The SMILES string of the molecule is NC(CNS(=O)(=O)c1ccc(Br)cc1Cl)c1ccccc1. The van der Waals surface area contributed by atoms with Gasteiger partial charge < -0.3 is 5.73 Å². The second-order valence-corrected chi connectivity index (χ2v) is 7.50. The van der Waals surface area contributed by atoms with Gasteiger partial charge in [-0.25, -0.2) is 13.1 Å². The van der Waals surface area contributed by atoms with Gasteiger partial charge in [0.25, 0.3) is 0 Å². The zero-order valence-corrected chi connectivity index (χ0v) is 14.1. The predicted molar refractivity (Wildman–Crippen MR) is 87.7 cm³/mol. The smallest absolute Gasteiger partial charge is 0.242 e. The van der Waals surface area contributed by atoms with Crippen molar-refractivity contribution in [1.82, 2.24) is 4.72 Å². The van der Waals surface area contributed by atoms with Crippen LogP contribution in [0.25, 0.3) is 0 Å². The van der Waals surface area contributed by atoms with Crippen molar-refractivity contribution in [2.75, 3.05) is 6.54 Å². The van der Waals surface area contributed by atoms with Crippen LogP contribution in [-0.4, -0.2) is 15.0 Å². The highest BCUT2D eigenvalue weighted by Gasteiger charge is 2.19. The molecular weight excluding hydrogens is 376 g/mol. The van der Waals surface area contributed by atoms with Crippen LogP contribution in [0.3, 0.4) is 0 Å². The molecule has 112 valence electrons. The summed E-state index contributed by atoms with van der Waals surface area (Å²) in [4.78, 5) is 0.0348. The summed E-state index contributed by atoms with van der Waals surface area (Å²) in [5, 5.41) is 0.158. The predicted octanol–water partition coefficient (Wildman–Crippen LogP) is 3.08. The molecule has 21 heavy (non-hydrogen) atoms. The van der Waals surface area contributed by atoms with Gasteiger partial charge in [-0.3, -0.25) is 0 Å². The molecule has 0 saturated heterocycles. The first-order valence-electron chi connectivity index (χ1n) is 6.15. The highest BCUT2D eigenvalue weighted by Crippen LogP contribution is 2.25. The lowest BCUT2D eigenvalue weighted by Gasteiger charge is -2.14. The molecule has 2 aromatic rings. The van der Waals surface area contributed by atoms with E-state index in [2.05, 4.69) is 20.7 Å². The normalized spacial score (nSPS) is 13.1. The van der Waals surface area contributed by atoms with Crippen molar-refractivity contribution in [2.45, 2.75) is 10.9 Å². The lowest BCUT2D eigenvalue weighted by atomic mass is 10.1. The van der Waals surface area contributed by atoms with Gasteiger partial charge in [-0.2, -0.15) is 0 Å². The highest BCUT2D eigenvalue weighted by atomic mass is 79.9. The Kier molecular flexibility index (Phi) is 5.40. The molecule has 2 aromatic carbocycles. The number of nitrogens with one attached hydrogen (secondary N) is 1. The van der Waals surface area contributed by atoms with Gasteiger partial charge in [-0.1, -0.05) is 57.9 Å². The summed E-state index contributed by atoms with van der Waals surface area (Å²) in [5.74, 6) is 0. The largest absolute Gasteiger partial charge is 0.323 e. The average molecular weight is 390 g/mol. The van der Waals surface area contributed by atoms with Crippen molar-refractivity contribution in [3.8, 4) is 0 Å². The van der Waals surface area contributed by atoms with E-state index >= 15 is 0 Å². The molecule has 0 saturated carbocycles. The highest BCUT2D eigenvalue weighted by molar-refractivity contribution is 9.10. The lowest BCUT2D eigenvalue weighted by molar-refractivity contribution is 0.572. The van der Waals surface area contributed by atoms with Gasteiger partial charge in [0.2, 0.25) is 10.0 Å². The van der Waals surface area contributed by atoms with Crippen LogP contribution in [0.2, 0.25) is 5.02 Å². The Balaban J connectivity index is 2.11. The fourth-order valence-electron chi connectivity index (χ4n) is 1.79. The molecule has 0 spiro atoms. The molecule has 1 atom stereocenters. The van der Waals surface area contributed by atoms with Crippen molar-refractivity contribution < 1.29 is 8.42 Å². The maximum atomic E-state index is 12.2. The van der Waals surface area contributed by atoms with E-state index in [1.807, 2.05) is 30.3 Å². The van der Waals surface area contributed by atoms with Crippen molar-refractivity contribution in [3.05, 3.63) is 63.6 Å². The third-order valence-corrected chi connectivity index (χ3v) is 5.30. The van der Waals surface area contributed by atoms with E-state index in [-0.39, 0.29) is 16.5 Å². The van der Waals surface area contributed by atoms with Crippen molar-refractivity contribution in [2.24, 2.45) is 5.73 Å². The van der Waals surface area contributed by atoms with E-state index < -0.39 is 16.1 Å². The molecule has 0 aromatic heterocycles. The van der Waals surface area contributed by atoms with Crippen LogP contribution in [-0.2, 0) is 10.0 Å². The maximum absolute atomic E-state index is 12.2. The zero-order chi connectivity index (χ0) is 15.5. The van der Waals surface area contributed by atoms with Crippen LogP contribution >= 0.6 is 27.5 Å². The van der Waals surface area contributed by atoms with Crippen LogP contribution < -0.4 is 10.5 Å². The second kappa shape index (κ2) is 6.89. The molecule has 2 rings (SSSR count). The Bertz CT molecular complexity index is 723. The molecule has 0 heterocycles. The lowest BCUT2D eigenvalue weighted by Crippen LogP contribution is -2.32. The minimum atomic E-state index is -3.69. The molecule has 0 aliphatic carbocycles. The Morgan fingerprint density at radius 1 is 1.19 bits per heavy atom. The molecule has 0 amide bonds. The standard InChI is InChI=1S/C14H14BrClN2O2S/c15-11-6-7-14(12(16)8-11)21(19,20)18-9-13(17)10-4-2-1-3-5-10/h1-8,13,18H,9,17H2. The van der Waals surface area contributed by atoms with Crippen molar-refractivity contribution >= 4 is 37.6 Å². The zero-order valence-electron chi connectivity index (χ0n) is 11.0. The van der Waals surface area contributed by atoms with Gasteiger partial charge in [0.05, 0.1) is 5.02 Å². The molecular formula is C14H14BrClN2O2S. The molecule has 0 bridgehead atoms. The van der Waals surface area contributed by atoms with Gasteiger partial charge in [0.1, 0.15) is 4.90 Å². The minimum absolute atomic E-state index is 0.0348. The van der Waals surface area contributed by atoms with E-state index in [0.29, 0.717) is 4.47 Å². The molecule has 0 aliphatic heterocycles. The number of sulfonamides is 1. The maximum Gasteiger partial charge on any atom is 0.242 e. The first kappa shape index (κ1) is 16.5. The minimum Gasteiger partial charge on any atom is -0.323 e. The molecule has 0 aliphatic rings. The van der Waals surface area contributed by atoms with E-state index in [1.165, 1.54) is 12.1 Å². The van der Waals surface area contributed by atoms with E-state index in [9.17, 15) is 8.42 Å². The van der Waals surface area contributed by atoms with Crippen molar-refractivity contribution in [3.63, 3.8) is 0 Å². The second-order valence-electron chi connectivity index (χ2n) is 4.44. The van der Waals surface area contributed by atoms with Gasteiger partial charge in [0, 0.05) is 17.1 Å². The summed E-state index contributed by atoms with van der Waals surface area (Å²) >= 11 is 9.20. The first-order valence-corrected chi connectivity index (χ1v) is 8.81. The van der Waals surface area contributed by atoms with Crippen LogP contribution in [0.5, 0.6) is 0 Å². The number of halogens is 2. The summed E-state index contributed by atoms with van der Waals surface area (Å²) < 4.78 is 27.7. The molecule has 3 N–H and O–H groups in total. The quantitative estimate of drug-likeness (QED) is 0.825. The first-order chi connectivity index (χ1) is 9.90. The molecule has 1 unspecified atom stereocenters. The molecule has 4 nitrogen and oxygen atoms in total. The Hall–Kier alpha value is -0.920. The fraction of sp³-hybridized carbons (Fsp3) is 0.143.